The van der Waals surface area contributed by atoms with Crippen LogP contribution in [0.15, 0.2) is 40.5 Å². The molecule has 0 aliphatic carbocycles. The highest BCUT2D eigenvalue weighted by Crippen LogP contribution is 2.11. The molecule has 4 nitrogen and oxygen atoms in total. The van der Waals surface area contributed by atoms with Crippen LogP contribution in [0.5, 0.6) is 0 Å². The van der Waals surface area contributed by atoms with E-state index in [0.717, 1.165) is 16.5 Å². The van der Waals surface area contributed by atoms with E-state index >= 15 is 0 Å². The number of halogens is 1. The molecule has 2 N–H and O–H groups in total. The molecule has 1 aromatic carbocycles. The lowest BCUT2D eigenvalue weighted by molar-refractivity contribution is -0.117. The van der Waals surface area contributed by atoms with Crippen LogP contribution >= 0.6 is 15.9 Å². The maximum Gasteiger partial charge on any atom is 0.263 e. The molecule has 0 bridgehead atoms. The average molecular weight is 336 g/mol. The summed E-state index contributed by atoms with van der Waals surface area (Å²) in [5.74, 6) is -0.344. The minimum absolute atomic E-state index is 0.0596. The van der Waals surface area contributed by atoms with Crippen molar-refractivity contribution >= 4 is 21.8 Å². The summed E-state index contributed by atoms with van der Waals surface area (Å²) in [6, 6.07) is 9.79. The zero-order valence-corrected chi connectivity index (χ0v) is 13.2. The first-order valence-electron chi connectivity index (χ1n) is 6.45. The molecule has 1 rings (SSSR count). The van der Waals surface area contributed by atoms with Gasteiger partial charge in [0.05, 0.1) is 0 Å². The summed E-state index contributed by atoms with van der Waals surface area (Å²) in [5.41, 5.74) is 1.15. The lowest BCUT2D eigenvalue weighted by atomic mass is 10.2. The van der Waals surface area contributed by atoms with Gasteiger partial charge in [-0.05, 0) is 31.0 Å². The van der Waals surface area contributed by atoms with Crippen molar-refractivity contribution in [3.63, 3.8) is 0 Å². The summed E-state index contributed by atoms with van der Waals surface area (Å²) >= 11 is 3.40. The Labute approximate surface area is 128 Å². The van der Waals surface area contributed by atoms with Gasteiger partial charge < -0.3 is 10.6 Å². The summed E-state index contributed by atoms with van der Waals surface area (Å²) in [4.78, 5) is 11.8. The molecule has 0 saturated heterocycles. The highest BCUT2D eigenvalue weighted by Gasteiger charge is 2.10. The van der Waals surface area contributed by atoms with Gasteiger partial charge in [-0.1, -0.05) is 35.0 Å². The SMILES string of the molecule is CCC(C)NC(=O)/C(C#N)=C\NCc1cccc(Br)c1. The Morgan fingerprint density at radius 3 is 2.90 bits per heavy atom. The smallest absolute Gasteiger partial charge is 0.263 e. The quantitative estimate of drug-likeness (QED) is 0.620. The van der Waals surface area contributed by atoms with Gasteiger partial charge in [0.25, 0.3) is 5.91 Å². The van der Waals surface area contributed by atoms with Crippen molar-refractivity contribution in [3.05, 3.63) is 46.1 Å². The van der Waals surface area contributed by atoms with Gasteiger partial charge in [0.15, 0.2) is 0 Å². The molecule has 0 heterocycles. The van der Waals surface area contributed by atoms with Gasteiger partial charge in [-0.3, -0.25) is 4.79 Å². The fourth-order valence-corrected chi connectivity index (χ4v) is 1.92. The first-order chi connectivity index (χ1) is 9.56. The molecule has 1 atom stereocenters. The number of carbonyl (C=O) groups is 1. The van der Waals surface area contributed by atoms with E-state index < -0.39 is 0 Å². The molecule has 0 aliphatic rings. The molecule has 1 aromatic rings. The topological polar surface area (TPSA) is 64.9 Å². The van der Waals surface area contributed by atoms with Gasteiger partial charge in [-0.2, -0.15) is 5.26 Å². The molecule has 0 aliphatic heterocycles. The number of nitrogens with one attached hydrogen (secondary N) is 2. The Balaban J connectivity index is 2.58. The van der Waals surface area contributed by atoms with Crippen LogP contribution in [0.1, 0.15) is 25.8 Å². The fraction of sp³-hybridized carbons (Fsp3) is 0.333. The normalized spacial score (nSPS) is 12.4. The summed E-state index contributed by atoms with van der Waals surface area (Å²) < 4.78 is 0.996. The highest BCUT2D eigenvalue weighted by atomic mass is 79.9. The van der Waals surface area contributed by atoms with Gasteiger partial charge in [0, 0.05) is 23.3 Å². The standard InChI is InChI=1S/C15H18BrN3O/c1-3-11(2)19-15(20)13(8-17)10-18-9-12-5-4-6-14(16)7-12/h4-7,10-11,18H,3,9H2,1-2H3,(H,19,20)/b13-10-. The van der Waals surface area contributed by atoms with Crippen molar-refractivity contribution in [2.45, 2.75) is 32.9 Å². The van der Waals surface area contributed by atoms with Crippen LogP contribution in [0.3, 0.4) is 0 Å². The highest BCUT2D eigenvalue weighted by molar-refractivity contribution is 9.10. The van der Waals surface area contributed by atoms with Crippen molar-refractivity contribution in [1.29, 1.82) is 5.26 Å². The van der Waals surface area contributed by atoms with E-state index in [2.05, 4.69) is 26.6 Å². The Hall–Kier alpha value is -1.80. The van der Waals surface area contributed by atoms with E-state index in [4.69, 9.17) is 5.26 Å². The van der Waals surface area contributed by atoms with Crippen molar-refractivity contribution in [2.75, 3.05) is 0 Å². The second kappa shape index (κ2) is 8.39. The number of hydrogen-bond acceptors (Lipinski definition) is 3. The third kappa shape index (κ3) is 5.45. The van der Waals surface area contributed by atoms with Crippen LogP contribution in [0.25, 0.3) is 0 Å². The predicted molar refractivity (Wildman–Crippen MR) is 82.6 cm³/mol. The number of amides is 1. The Bertz CT molecular complexity index is 534. The van der Waals surface area contributed by atoms with Crippen LogP contribution in [-0.4, -0.2) is 11.9 Å². The van der Waals surface area contributed by atoms with E-state index in [1.54, 1.807) is 0 Å². The van der Waals surface area contributed by atoms with Crippen molar-refractivity contribution in [3.8, 4) is 6.07 Å². The minimum atomic E-state index is -0.344. The van der Waals surface area contributed by atoms with Crippen molar-refractivity contribution in [2.24, 2.45) is 0 Å². The summed E-state index contributed by atoms with van der Waals surface area (Å²) in [6.07, 6.45) is 2.29. The summed E-state index contributed by atoms with van der Waals surface area (Å²) in [5, 5.41) is 14.7. The predicted octanol–water partition coefficient (Wildman–Crippen LogP) is 2.86. The van der Waals surface area contributed by atoms with Crippen LogP contribution < -0.4 is 10.6 Å². The molecule has 0 spiro atoms. The second-order valence-corrected chi connectivity index (χ2v) is 5.38. The number of carbonyl (C=O) groups excluding carboxylic acids is 1. The summed E-state index contributed by atoms with van der Waals surface area (Å²) in [7, 11) is 0. The Morgan fingerprint density at radius 1 is 1.55 bits per heavy atom. The maximum absolute atomic E-state index is 11.8. The number of nitriles is 1. The molecule has 1 amide bonds. The first kappa shape index (κ1) is 16.3. The zero-order chi connectivity index (χ0) is 15.0. The van der Waals surface area contributed by atoms with Crippen LogP contribution in [0, 0.1) is 11.3 Å². The molecule has 106 valence electrons. The van der Waals surface area contributed by atoms with Gasteiger partial charge in [0.2, 0.25) is 0 Å². The van der Waals surface area contributed by atoms with E-state index in [0.29, 0.717) is 6.54 Å². The maximum atomic E-state index is 11.8. The number of benzene rings is 1. The molecule has 0 fully saturated rings. The number of hydrogen-bond donors (Lipinski definition) is 2. The molecule has 1 unspecified atom stereocenters. The van der Waals surface area contributed by atoms with Gasteiger partial charge in [0.1, 0.15) is 11.6 Å². The summed E-state index contributed by atoms with van der Waals surface area (Å²) in [6.45, 7) is 4.44. The molecule has 5 heteroatoms. The van der Waals surface area contributed by atoms with E-state index in [-0.39, 0.29) is 17.5 Å². The van der Waals surface area contributed by atoms with E-state index in [9.17, 15) is 4.79 Å². The largest absolute Gasteiger partial charge is 0.386 e. The third-order valence-electron chi connectivity index (χ3n) is 2.80. The van der Waals surface area contributed by atoms with Gasteiger partial charge in [-0.25, -0.2) is 0 Å². The second-order valence-electron chi connectivity index (χ2n) is 4.46. The minimum Gasteiger partial charge on any atom is -0.386 e. The molecule has 0 aromatic heterocycles. The fourth-order valence-electron chi connectivity index (χ4n) is 1.47. The van der Waals surface area contributed by atoms with Crippen LogP contribution in [0.2, 0.25) is 0 Å². The van der Waals surface area contributed by atoms with E-state index in [1.165, 1.54) is 6.20 Å². The van der Waals surface area contributed by atoms with Gasteiger partial charge >= 0.3 is 0 Å². The van der Waals surface area contributed by atoms with E-state index in [1.807, 2.05) is 44.2 Å². The lowest BCUT2D eigenvalue weighted by Gasteiger charge is -2.10. The Kier molecular flexibility index (Phi) is 6.82. The van der Waals surface area contributed by atoms with Crippen molar-refractivity contribution in [1.82, 2.24) is 10.6 Å². The van der Waals surface area contributed by atoms with Crippen LogP contribution in [0.4, 0.5) is 0 Å². The lowest BCUT2D eigenvalue weighted by Crippen LogP contribution is -2.33. The zero-order valence-electron chi connectivity index (χ0n) is 11.6. The molecule has 0 saturated carbocycles. The molecular formula is C15H18BrN3O. The Morgan fingerprint density at radius 2 is 2.30 bits per heavy atom. The molecule has 20 heavy (non-hydrogen) atoms. The molecular weight excluding hydrogens is 318 g/mol. The van der Waals surface area contributed by atoms with Gasteiger partial charge in [-0.15, -0.1) is 0 Å². The van der Waals surface area contributed by atoms with Crippen LogP contribution in [-0.2, 0) is 11.3 Å². The number of nitrogens with zero attached hydrogens (tertiary/aromatic N) is 1. The molecule has 0 radical (unpaired) electrons. The third-order valence-corrected chi connectivity index (χ3v) is 3.29. The number of rotatable bonds is 6. The monoisotopic (exact) mass is 335 g/mol. The van der Waals surface area contributed by atoms with Crippen molar-refractivity contribution < 1.29 is 4.79 Å². The average Bonchev–Trinajstić information content (AvgIpc) is 2.43. The first-order valence-corrected chi connectivity index (χ1v) is 7.25.